The van der Waals surface area contributed by atoms with Crippen molar-refractivity contribution in [3.63, 3.8) is 0 Å². The lowest BCUT2D eigenvalue weighted by Crippen LogP contribution is -2.10. The molecule has 0 amide bonds. The van der Waals surface area contributed by atoms with Gasteiger partial charge in [-0.15, -0.1) is 0 Å². The van der Waals surface area contributed by atoms with Gasteiger partial charge in [-0.05, 0) is 30.9 Å². The second kappa shape index (κ2) is 4.01. The molecule has 0 saturated carbocycles. The normalized spacial score (nSPS) is 21.6. The van der Waals surface area contributed by atoms with E-state index in [1.54, 1.807) is 6.08 Å². The van der Waals surface area contributed by atoms with Crippen LogP contribution in [-0.2, 0) is 11.3 Å². The van der Waals surface area contributed by atoms with E-state index in [0.717, 1.165) is 24.2 Å². The summed E-state index contributed by atoms with van der Waals surface area (Å²) in [5.74, 6) is 0.680. The van der Waals surface area contributed by atoms with Crippen LogP contribution in [0.25, 0.3) is 5.57 Å². The molecule has 0 bridgehead atoms. The molecule has 0 fully saturated rings. The number of rotatable bonds is 2. The van der Waals surface area contributed by atoms with Crippen LogP contribution in [0.5, 0.6) is 0 Å². The van der Waals surface area contributed by atoms with Crippen molar-refractivity contribution in [1.82, 2.24) is 9.55 Å². The van der Waals surface area contributed by atoms with Crippen molar-refractivity contribution in [2.75, 3.05) is 0 Å². The first-order chi connectivity index (χ1) is 7.19. The molecular weight excluding hydrogens is 188 g/mol. The molecule has 2 rings (SSSR count). The summed E-state index contributed by atoms with van der Waals surface area (Å²) in [6.07, 6.45) is 7.23. The highest BCUT2D eigenvalue weighted by molar-refractivity contribution is 5.98. The summed E-state index contributed by atoms with van der Waals surface area (Å²) < 4.78 is 2.03. The highest BCUT2D eigenvalue weighted by atomic mass is 16.1. The van der Waals surface area contributed by atoms with Crippen molar-refractivity contribution < 1.29 is 4.79 Å². The van der Waals surface area contributed by atoms with Gasteiger partial charge in [-0.25, -0.2) is 4.98 Å². The maximum atomic E-state index is 11.4. The molecule has 0 aromatic carbocycles. The minimum absolute atomic E-state index is 0.231. The number of carbonyl (C=O) groups is 1. The van der Waals surface area contributed by atoms with Gasteiger partial charge in [0.2, 0.25) is 0 Å². The van der Waals surface area contributed by atoms with E-state index in [2.05, 4.69) is 18.8 Å². The van der Waals surface area contributed by atoms with Crippen LogP contribution in [0.3, 0.4) is 0 Å². The molecule has 0 N–H and O–H groups in total. The molecule has 3 nitrogen and oxygen atoms in total. The Morgan fingerprint density at radius 1 is 1.53 bits per heavy atom. The average Bonchev–Trinajstić information content (AvgIpc) is 2.64. The predicted octanol–water partition coefficient (Wildman–Crippen LogP) is 2.29. The van der Waals surface area contributed by atoms with Gasteiger partial charge in [0.05, 0.1) is 12.0 Å². The lowest BCUT2D eigenvalue weighted by molar-refractivity contribution is -0.115. The third kappa shape index (κ3) is 2.17. The van der Waals surface area contributed by atoms with Crippen molar-refractivity contribution in [2.45, 2.75) is 33.2 Å². The first-order valence-electron chi connectivity index (χ1n) is 5.44. The fourth-order valence-corrected chi connectivity index (χ4v) is 1.98. The van der Waals surface area contributed by atoms with Crippen LogP contribution in [0, 0.1) is 5.92 Å². The SMILES string of the molecule is CCn1cnc(C2=CC(=O)CC(C)C2)c1. The van der Waals surface area contributed by atoms with Gasteiger partial charge in [0.15, 0.2) is 5.78 Å². The minimum atomic E-state index is 0.231. The largest absolute Gasteiger partial charge is 0.337 e. The van der Waals surface area contributed by atoms with E-state index >= 15 is 0 Å². The van der Waals surface area contributed by atoms with Crippen LogP contribution >= 0.6 is 0 Å². The molecule has 15 heavy (non-hydrogen) atoms. The van der Waals surface area contributed by atoms with Crippen LogP contribution in [0.4, 0.5) is 0 Å². The molecule has 3 heteroatoms. The van der Waals surface area contributed by atoms with Gasteiger partial charge in [0, 0.05) is 19.2 Å². The van der Waals surface area contributed by atoms with Gasteiger partial charge in [0.1, 0.15) is 0 Å². The molecule has 1 aliphatic rings. The average molecular weight is 204 g/mol. The topological polar surface area (TPSA) is 34.9 Å². The minimum Gasteiger partial charge on any atom is -0.337 e. The Morgan fingerprint density at radius 2 is 2.33 bits per heavy atom. The Labute approximate surface area is 89.8 Å². The Hall–Kier alpha value is -1.38. The number of carbonyl (C=O) groups excluding carboxylic acids is 1. The van der Waals surface area contributed by atoms with Crippen LogP contribution in [0.2, 0.25) is 0 Å². The Bertz CT molecular complexity index is 404. The van der Waals surface area contributed by atoms with Crippen molar-refractivity contribution in [1.29, 1.82) is 0 Å². The highest BCUT2D eigenvalue weighted by Gasteiger charge is 2.18. The van der Waals surface area contributed by atoms with Crippen LogP contribution < -0.4 is 0 Å². The molecule has 1 heterocycles. The van der Waals surface area contributed by atoms with Crippen LogP contribution in [-0.4, -0.2) is 15.3 Å². The van der Waals surface area contributed by atoms with Gasteiger partial charge >= 0.3 is 0 Å². The fraction of sp³-hybridized carbons (Fsp3) is 0.500. The second-order valence-corrected chi connectivity index (χ2v) is 4.24. The zero-order chi connectivity index (χ0) is 10.8. The first-order valence-corrected chi connectivity index (χ1v) is 5.44. The Kier molecular flexibility index (Phi) is 2.71. The zero-order valence-corrected chi connectivity index (χ0v) is 9.23. The summed E-state index contributed by atoms with van der Waals surface area (Å²) in [6.45, 7) is 5.11. The zero-order valence-electron chi connectivity index (χ0n) is 9.23. The van der Waals surface area contributed by atoms with E-state index < -0.39 is 0 Å². The van der Waals surface area contributed by atoms with E-state index in [1.807, 2.05) is 17.1 Å². The predicted molar refractivity (Wildman–Crippen MR) is 59.3 cm³/mol. The van der Waals surface area contributed by atoms with Crippen LogP contribution in [0.15, 0.2) is 18.6 Å². The lowest BCUT2D eigenvalue weighted by Gasteiger charge is -2.16. The number of hydrogen-bond acceptors (Lipinski definition) is 2. The highest BCUT2D eigenvalue weighted by Crippen LogP contribution is 2.27. The molecule has 1 aromatic heterocycles. The van der Waals surface area contributed by atoms with Gasteiger partial charge in [-0.1, -0.05) is 6.92 Å². The number of imidazole rings is 1. The molecular formula is C12H16N2O. The van der Waals surface area contributed by atoms with Gasteiger partial charge in [-0.3, -0.25) is 4.79 Å². The summed E-state index contributed by atoms with van der Waals surface area (Å²) in [7, 11) is 0. The van der Waals surface area contributed by atoms with Gasteiger partial charge < -0.3 is 4.57 Å². The maximum absolute atomic E-state index is 11.4. The summed E-state index contributed by atoms with van der Waals surface area (Å²) in [6, 6.07) is 0. The molecule has 1 unspecified atom stereocenters. The fourth-order valence-electron chi connectivity index (χ4n) is 1.98. The molecule has 80 valence electrons. The smallest absolute Gasteiger partial charge is 0.156 e. The molecule has 0 spiro atoms. The summed E-state index contributed by atoms with van der Waals surface area (Å²) in [5, 5.41) is 0. The van der Waals surface area contributed by atoms with E-state index in [1.165, 1.54) is 0 Å². The van der Waals surface area contributed by atoms with E-state index in [-0.39, 0.29) is 5.78 Å². The maximum Gasteiger partial charge on any atom is 0.156 e. The van der Waals surface area contributed by atoms with E-state index in [4.69, 9.17) is 0 Å². The summed E-state index contributed by atoms with van der Waals surface area (Å²) in [4.78, 5) is 15.7. The number of hydrogen-bond donors (Lipinski definition) is 0. The Morgan fingerprint density at radius 3 is 2.93 bits per heavy atom. The van der Waals surface area contributed by atoms with E-state index in [9.17, 15) is 4.79 Å². The third-order valence-electron chi connectivity index (χ3n) is 2.78. The first kappa shape index (κ1) is 10.1. The summed E-state index contributed by atoms with van der Waals surface area (Å²) >= 11 is 0. The quantitative estimate of drug-likeness (QED) is 0.740. The van der Waals surface area contributed by atoms with E-state index in [0.29, 0.717) is 12.3 Å². The summed E-state index contributed by atoms with van der Waals surface area (Å²) in [5.41, 5.74) is 2.04. The molecule has 1 aliphatic carbocycles. The number of allylic oxidation sites excluding steroid dienone is 2. The third-order valence-corrected chi connectivity index (χ3v) is 2.78. The van der Waals surface area contributed by atoms with Gasteiger partial charge in [0.25, 0.3) is 0 Å². The second-order valence-electron chi connectivity index (χ2n) is 4.24. The van der Waals surface area contributed by atoms with Crippen molar-refractivity contribution >= 4 is 11.4 Å². The van der Waals surface area contributed by atoms with Crippen molar-refractivity contribution in [3.8, 4) is 0 Å². The van der Waals surface area contributed by atoms with Crippen LogP contribution in [0.1, 0.15) is 32.4 Å². The Balaban J connectivity index is 2.26. The van der Waals surface area contributed by atoms with Crippen molar-refractivity contribution in [2.24, 2.45) is 5.92 Å². The number of aryl methyl sites for hydroxylation is 1. The molecule has 1 aromatic rings. The number of aromatic nitrogens is 2. The number of nitrogens with zero attached hydrogens (tertiary/aromatic N) is 2. The monoisotopic (exact) mass is 204 g/mol. The molecule has 0 radical (unpaired) electrons. The lowest BCUT2D eigenvalue weighted by atomic mass is 9.88. The molecule has 0 saturated heterocycles. The standard InChI is InChI=1S/C12H16N2O/c1-3-14-7-12(13-8-14)10-4-9(2)5-11(15)6-10/h6-9H,3-5H2,1-2H3. The molecule has 1 atom stereocenters. The van der Waals surface area contributed by atoms with Crippen molar-refractivity contribution in [3.05, 3.63) is 24.3 Å². The van der Waals surface area contributed by atoms with Gasteiger partial charge in [-0.2, -0.15) is 0 Å². The number of ketones is 1. The molecule has 0 aliphatic heterocycles.